The Balaban J connectivity index is 1.77. The van der Waals surface area contributed by atoms with E-state index in [1.165, 1.54) is 26.2 Å². The number of hydrogen-bond acceptors (Lipinski definition) is 6. The van der Waals surface area contributed by atoms with Crippen LogP contribution in [0, 0.1) is 5.92 Å². The van der Waals surface area contributed by atoms with E-state index in [0.717, 1.165) is 5.56 Å². The summed E-state index contributed by atoms with van der Waals surface area (Å²) >= 11 is 0. The third-order valence-electron chi connectivity index (χ3n) is 5.16. The minimum Gasteiger partial charge on any atom is -0.493 e. The summed E-state index contributed by atoms with van der Waals surface area (Å²) in [6.45, 7) is -0.0107. The van der Waals surface area contributed by atoms with Crippen LogP contribution in [-0.2, 0) is 9.59 Å². The van der Waals surface area contributed by atoms with Crippen molar-refractivity contribution in [1.82, 2.24) is 5.32 Å². The van der Waals surface area contributed by atoms with E-state index in [4.69, 9.17) is 14.2 Å². The Morgan fingerprint density at radius 2 is 1.77 bits per heavy atom. The van der Waals surface area contributed by atoms with Gasteiger partial charge in [0, 0.05) is 25.1 Å². The molecule has 0 spiro atoms. The van der Waals surface area contributed by atoms with E-state index in [1.54, 1.807) is 12.1 Å². The highest BCUT2D eigenvalue weighted by Gasteiger charge is 2.36. The molecule has 1 heterocycles. The molecule has 0 aromatic heterocycles. The third kappa shape index (κ3) is 4.33. The van der Waals surface area contributed by atoms with Crippen LogP contribution >= 0.6 is 0 Å². The molecule has 0 saturated carbocycles. The molecule has 2 N–H and O–H groups in total. The number of rotatable bonds is 8. The van der Waals surface area contributed by atoms with E-state index in [1.807, 2.05) is 30.3 Å². The molecule has 2 atom stereocenters. The van der Waals surface area contributed by atoms with Gasteiger partial charge in [-0.1, -0.05) is 30.3 Å². The van der Waals surface area contributed by atoms with Crippen LogP contribution in [0.25, 0.3) is 0 Å². The lowest BCUT2D eigenvalue weighted by molar-refractivity contribution is -0.127. The van der Waals surface area contributed by atoms with E-state index in [0.29, 0.717) is 22.9 Å². The van der Waals surface area contributed by atoms with Crippen LogP contribution in [-0.4, -0.2) is 51.4 Å². The number of nitrogens with zero attached hydrogens (tertiary/aromatic N) is 1. The smallest absolute Gasteiger partial charge is 0.227 e. The summed E-state index contributed by atoms with van der Waals surface area (Å²) in [7, 11) is 4.51. The Bertz CT molecular complexity index is 877. The van der Waals surface area contributed by atoms with Crippen molar-refractivity contribution in [1.29, 1.82) is 0 Å². The zero-order valence-corrected chi connectivity index (χ0v) is 17.3. The first-order chi connectivity index (χ1) is 14.5. The first kappa shape index (κ1) is 21.4. The van der Waals surface area contributed by atoms with Crippen LogP contribution in [0.2, 0.25) is 0 Å². The Morgan fingerprint density at radius 3 is 2.30 bits per heavy atom. The maximum absolute atomic E-state index is 12.8. The fourth-order valence-electron chi connectivity index (χ4n) is 3.57. The van der Waals surface area contributed by atoms with Gasteiger partial charge in [0.15, 0.2) is 11.5 Å². The second-order valence-electron chi connectivity index (χ2n) is 6.94. The molecule has 0 radical (unpaired) electrons. The Morgan fingerprint density at radius 1 is 1.13 bits per heavy atom. The predicted molar refractivity (Wildman–Crippen MR) is 111 cm³/mol. The van der Waals surface area contributed by atoms with Gasteiger partial charge in [-0.05, 0) is 5.56 Å². The topological polar surface area (TPSA) is 97.3 Å². The standard InChI is InChI=1S/C22H26N2O6/c1-28-18-10-16(11-19(29-2)21(18)30-3)24-12-15(9-20(24)26)22(27)23-17(13-25)14-7-5-4-6-8-14/h4-8,10-11,15,17,25H,9,12-13H2,1-3H3,(H,23,27)/t15-,17+/m0/s1. The summed E-state index contributed by atoms with van der Waals surface area (Å²) in [6, 6.07) is 12.1. The molecule has 1 aliphatic rings. The Hall–Kier alpha value is -3.26. The maximum atomic E-state index is 12.8. The van der Waals surface area contributed by atoms with Crippen molar-refractivity contribution in [3.63, 3.8) is 0 Å². The molecule has 8 heteroatoms. The number of ether oxygens (including phenoxy) is 3. The normalized spacial score (nSPS) is 16.9. The van der Waals surface area contributed by atoms with E-state index >= 15 is 0 Å². The molecule has 1 saturated heterocycles. The molecule has 1 aliphatic heterocycles. The number of carbonyl (C=O) groups excluding carboxylic acids is 2. The molecule has 160 valence electrons. The van der Waals surface area contributed by atoms with Crippen molar-refractivity contribution in [2.45, 2.75) is 12.5 Å². The second-order valence-corrected chi connectivity index (χ2v) is 6.94. The second kappa shape index (κ2) is 9.49. The van der Waals surface area contributed by atoms with Gasteiger partial charge in [0.25, 0.3) is 0 Å². The predicted octanol–water partition coefficient (Wildman–Crippen LogP) is 1.92. The number of benzene rings is 2. The van der Waals surface area contributed by atoms with Crippen LogP contribution in [0.1, 0.15) is 18.0 Å². The zero-order chi connectivity index (χ0) is 21.7. The number of aliphatic hydroxyl groups is 1. The molecule has 3 rings (SSSR count). The molecular formula is C22H26N2O6. The van der Waals surface area contributed by atoms with E-state index in [9.17, 15) is 14.7 Å². The molecule has 0 unspecified atom stereocenters. The van der Waals surface area contributed by atoms with Gasteiger partial charge >= 0.3 is 0 Å². The number of anilines is 1. The van der Waals surface area contributed by atoms with Crippen LogP contribution in [0.5, 0.6) is 17.2 Å². The molecular weight excluding hydrogens is 388 g/mol. The SMILES string of the molecule is COc1cc(N2C[C@@H](C(=O)N[C@H](CO)c3ccccc3)CC2=O)cc(OC)c1OC. The molecule has 0 bridgehead atoms. The number of aliphatic hydroxyl groups excluding tert-OH is 1. The van der Waals surface area contributed by atoms with Gasteiger partial charge in [-0.3, -0.25) is 9.59 Å². The van der Waals surface area contributed by atoms with Crippen LogP contribution < -0.4 is 24.4 Å². The van der Waals surface area contributed by atoms with E-state index in [2.05, 4.69) is 5.32 Å². The van der Waals surface area contributed by atoms with Crippen molar-refractivity contribution in [2.24, 2.45) is 5.92 Å². The first-order valence-electron chi connectivity index (χ1n) is 9.58. The first-order valence-corrected chi connectivity index (χ1v) is 9.58. The highest BCUT2D eigenvalue weighted by atomic mass is 16.5. The minimum absolute atomic E-state index is 0.0788. The number of amides is 2. The number of hydrogen-bond donors (Lipinski definition) is 2. The van der Waals surface area contributed by atoms with Gasteiger partial charge in [0.1, 0.15) is 0 Å². The number of nitrogens with one attached hydrogen (secondary N) is 1. The lowest BCUT2D eigenvalue weighted by atomic mass is 10.0. The van der Waals surface area contributed by atoms with Crippen LogP contribution in [0.15, 0.2) is 42.5 Å². The van der Waals surface area contributed by atoms with Crippen molar-refractivity contribution in [2.75, 3.05) is 39.4 Å². The lowest BCUT2D eigenvalue weighted by Crippen LogP contribution is -2.37. The van der Waals surface area contributed by atoms with Crippen molar-refractivity contribution < 1.29 is 28.9 Å². The average molecular weight is 414 g/mol. The van der Waals surface area contributed by atoms with E-state index < -0.39 is 12.0 Å². The summed E-state index contributed by atoms with van der Waals surface area (Å²) in [5.41, 5.74) is 1.37. The summed E-state index contributed by atoms with van der Waals surface area (Å²) in [5.74, 6) is 0.299. The van der Waals surface area contributed by atoms with Gasteiger partial charge in [-0.2, -0.15) is 0 Å². The van der Waals surface area contributed by atoms with Crippen molar-refractivity contribution in [3.05, 3.63) is 48.0 Å². The molecule has 2 amide bonds. The highest BCUT2D eigenvalue weighted by Crippen LogP contribution is 2.42. The highest BCUT2D eigenvalue weighted by molar-refractivity contribution is 6.00. The van der Waals surface area contributed by atoms with Crippen LogP contribution in [0.3, 0.4) is 0 Å². The van der Waals surface area contributed by atoms with E-state index in [-0.39, 0.29) is 31.4 Å². The fourth-order valence-corrected chi connectivity index (χ4v) is 3.57. The molecule has 30 heavy (non-hydrogen) atoms. The quantitative estimate of drug-likeness (QED) is 0.685. The molecule has 8 nitrogen and oxygen atoms in total. The molecule has 1 fully saturated rings. The Kier molecular flexibility index (Phi) is 6.79. The van der Waals surface area contributed by atoms with Gasteiger partial charge in [0.05, 0.1) is 45.6 Å². The maximum Gasteiger partial charge on any atom is 0.227 e. The zero-order valence-electron chi connectivity index (χ0n) is 17.3. The van der Waals surface area contributed by atoms with Gasteiger partial charge in [-0.25, -0.2) is 0 Å². The van der Waals surface area contributed by atoms with Gasteiger partial charge in [0.2, 0.25) is 17.6 Å². The summed E-state index contributed by atoms with van der Waals surface area (Å²) < 4.78 is 16.0. The largest absolute Gasteiger partial charge is 0.493 e. The van der Waals surface area contributed by atoms with Gasteiger partial charge < -0.3 is 29.5 Å². The van der Waals surface area contributed by atoms with Crippen molar-refractivity contribution >= 4 is 17.5 Å². The number of methoxy groups -OCH3 is 3. The monoisotopic (exact) mass is 414 g/mol. The van der Waals surface area contributed by atoms with Crippen molar-refractivity contribution in [3.8, 4) is 17.2 Å². The third-order valence-corrected chi connectivity index (χ3v) is 5.16. The summed E-state index contributed by atoms with van der Waals surface area (Å²) in [6.07, 6.45) is 0.0788. The number of carbonyl (C=O) groups is 2. The average Bonchev–Trinajstić information content (AvgIpc) is 3.18. The molecule has 2 aromatic rings. The minimum atomic E-state index is -0.533. The molecule has 0 aliphatic carbocycles. The Labute approximate surface area is 175 Å². The van der Waals surface area contributed by atoms with Crippen LogP contribution in [0.4, 0.5) is 5.69 Å². The lowest BCUT2D eigenvalue weighted by Gasteiger charge is -2.21. The van der Waals surface area contributed by atoms with Gasteiger partial charge in [-0.15, -0.1) is 0 Å². The molecule has 2 aromatic carbocycles. The summed E-state index contributed by atoms with van der Waals surface area (Å²) in [4.78, 5) is 27.0. The fraction of sp³-hybridized carbons (Fsp3) is 0.364. The summed E-state index contributed by atoms with van der Waals surface area (Å²) in [5, 5.41) is 12.5.